The third-order valence-electron chi connectivity index (χ3n) is 4.04. The molecule has 0 radical (unpaired) electrons. The Labute approximate surface area is 177 Å². The van der Waals surface area contributed by atoms with Crippen molar-refractivity contribution in [2.45, 2.75) is 19.4 Å². The molecule has 0 aliphatic rings. The van der Waals surface area contributed by atoms with Crippen molar-refractivity contribution in [1.82, 2.24) is 0 Å². The van der Waals surface area contributed by atoms with E-state index in [1.807, 2.05) is 0 Å². The summed E-state index contributed by atoms with van der Waals surface area (Å²) in [7, 11) is 0. The van der Waals surface area contributed by atoms with Crippen LogP contribution in [0.25, 0.3) is 0 Å². The number of anilines is 2. The van der Waals surface area contributed by atoms with Crippen LogP contribution in [-0.2, 0) is 11.2 Å². The van der Waals surface area contributed by atoms with Gasteiger partial charge in [0.1, 0.15) is 22.7 Å². The lowest BCUT2D eigenvalue weighted by Crippen LogP contribution is -2.37. The fourth-order valence-electron chi connectivity index (χ4n) is 2.66. The zero-order chi connectivity index (χ0) is 22.4. The molecule has 2 amide bonds. The fourth-order valence-corrected chi connectivity index (χ4v) is 2.96. The van der Waals surface area contributed by atoms with Crippen molar-refractivity contribution in [3.63, 3.8) is 0 Å². The second-order valence-electron chi connectivity index (χ2n) is 6.51. The minimum absolute atomic E-state index is 0.100. The third kappa shape index (κ3) is 5.98. The molecule has 158 valence electrons. The van der Waals surface area contributed by atoms with Gasteiger partial charge in [0.2, 0.25) is 5.91 Å². The Morgan fingerprint density at radius 3 is 2.33 bits per heavy atom. The first-order valence-corrected chi connectivity index (χ1v) is 9.16. The lowest BCUT2D eigenvalue weighted by atomic mass is 10.0. The number of rotatable bonds is 8. The molecular weight excluding hydrogens is 412 g/mol. The van der Waals surface area contributed by atoms with Crippen LogP contribution in [0.1, 0.15) is 22.8 Å². The summed E-state index contributed by atoms with van der Waals surface area (Å²) >= 11 is 5.12. The molecule has 2 aromatic carbocycles. The van der Waals surface area contributed by atoms with Gasteiger partial charge in [-0.2, -0.15) is 0 Å². The molecule has 0 saturated carbocycles. The molecule has 0 saturated heterocycles. The lowest BCUT2D eigenvalue weighted by molar-refractivity contribution is -0.118. The standard InChI is InChI=1S/C20H21F2N5O2S/c1-10(23)6-18(30)27-15-9-16(14(22)8-12(15)19(24)28)26-17(20(25)29)7-11-4-2-3-5-13(11)21/h2-6,8-9,17,26H,7,23H2,1H3,(H2,24,28)(H2,25,29)(H,27,30)/t17-/m1/s1. The second-order valence-corrected chi connectivity index (χ2v) is 6.95. The van der Waals surface area contributed by atoms with Crippen molar-refractivity contribution in [1.29, 1.82) is 0 Å². The molecule has 0 heterocycles. The van der Waals surface area contributed by atoms with Crippen molar-refractivity contribution in [3.05, 3.63) is 70.9 Å². The van der Waals surface area contributed by atoms with E-state index >= 15 is 0 Å². The summed E-state index contributed by atoms with van der Waals surface area (Å²) in [4.78, 5) is 23.7. The summed E-state index contributed by atoms with van der Waals surface area (Å²) in [6, 6.07) is 6.84. The van der Waals surface area contributed by atoms with Gasteiger partial charge >= 0.3 is 0 Å². The third-order valence-corrected chi connectivity index (χ3v) is 4.26. The summed E-state index contributed by atoms with van der Waals surface area (Å²) in [6.45, 7) is 1.61. The number of amides is 2. The molecule has 8 N–H and O–H groups in total. The number of halogens is 2. The molecule has 2 rings (SSSR count). The first-order valence-electron chi connectivity index (χ1n) is 8.75. The largest absolute Gasteiger partial charge is 0.402 e. The van der Waals surface area contributed by atoms with Crippen LogP contribution in [-0.4, -0.2) is 22.8 Å². The Balaban J connectivity index is 2.39. The lowest BCUT2D eigenvalue weighted by Gasteiger charge is -2.19. The first-order chi connectivity index (χ1) is 14.1. The van der Waals surface area contributed by atoms with Crippen LogP contribution >= 0.6 is 12.2 Å². The maximum absolute atomic E-state index is 14.6. The van der Waals surface area contributed by atoms with Gasteiger partial charge in [0.25, 0.3) is 5.91 Å². The van der Waals surface area contributed by atoms with E-state index in [1.165, 1.54) is 30.3 Å². The van der Waals surface area contributed by atoms with Gasteiger partial charge in [0.05, 0.1) is 16.9 Å². The zero-order valence-corrected chi connectivity index (χ0v) is 16.9. The molecule has 0 aliphatic heterocycles. The van der Waals surface area contributed by atoms with Crippen LogP contribution in [0.2, 0.25) is 0 Å². The zero-order valence-electron chi connectivity index (χ0n) is 16.0. The van der Waals surface area contributed by atoms with Crippen LogP contribution in [0.5, 0.6) is 0 Å². The summed E-state index contributed by atoms with van der Waals surface area (Å²) < 4.78 is 28.5. The normalized spacial score (nSPS) is 12.2. The van der Waals surface area contributed by atoms with Crippen molar-refractivity contribution in [2.24, 2.45) is 17.2 Å². The Morgan fingerprint density at radius 1 is 1.10 bits per heavy atom. The summed E-state index contributed by atoms with van der Waals surface area (Å²) in [5, 5.41) is 5.39. The van der Waals surface area contributed by atoms with E-state index < -0.39 is 29.5 Å². The highest BCUT2D eigenvalue weighted by molar-refractivity contribution is 7.81. The van der Waals surface area contributed by atoms with E-state index in [2.05, 4.69) is 10.6 Å². The molecule has 7 nitrogen and oxygen atoms in total. The van der Waals surface area contributed by atoms with Crippen molar-refractivity contribution in [3.8, 4) is 0 Å². The van der Waals surface area contributed by atoms with Gasteiger partial charge in [0, 0.05) is 12.1 Å². The van der Waals surface area contributed by atoms with Gasteiger partial charge < -0.3 is 27.8 Å². The maximum atomic E-state index is 14.6. The predicted octanol–water partition coefficient (Wildman–Crippen LogP) is 2.17. The first kappa shape index (κ1) is 22.8. The topological polar surface area (TPSA) is 136 Å². The van der Waals surface area contributed by atoms with Crippen molar-refractivity contribution < 1.29 is 18.4 Å². The average Bonchev–Trinajstić information content (AvgIpc) is 2.64. The molecule has 0 aliphatic carbocycles. The fraction of sp³-hybridized carbons (Fsp3) is 0.150. The number of primary amides is 2. The monoisotopic (exact) mass is 433 g/mol. The highest BCUT2D eigenvalue weighted by atomic mass is 32.1. The van der Waals surface area contributed by atoms with Gasteiger partial charge in [-0.1, -0.05) is 30.4 Å². The van der Waals surface area contributed by atoms with Crippen molar-refractivity contribution in [2.75, 3.05) is 10.6 Å². The number of hydrogen-bond acceptors (Lipinski definition) is 5. The Bertz CT molecular complexity index is 1020. The Morgan fingerprint density at radius 2 is 1.77 bits per heavy atom. The van der Waals surface area contributed by atoms with E-state index in [0.717, 1.165) is 6.07 Å². The van der Waals surface area contributed by atoms with Crippen LogP contribution in [0, 0.1) is 11.6 Å². The van der Waals surface area contributed by atoms with Gasteiger partial charge in [-0.25, -0.2) is 8.78 Å². The molecule has 10 heteroatoms. The highest BCUT2D eigenvalue weighted by Crippen LogP contribution is 2.26. The Kier molecular flexibility index (Phi) is 7.43. The number of allylic oxidation sites excluding steroid dienone is 1. The molecule has 30 heavy (non-hydrogen) atoms. The van der Waals surface area contributed by atoms with Crippen molar-refractivity contribution >= 4 is 40.4 Å². The number of nitrogens with one attached hydrogen (secondary N) is 2. The van der Waals surface area contributed by atoms with Crippen LogP contribution < -0.4 is 27.8 Å². The molecule has 0 bridgehead atoms. The Hall–Kier alpha value is -3.53. The summed E-state index contributed by atoms with van der Waals surface area (Å²) in [5.74, 6) is -3.09. The second kappa shape index (κ2) is 9.79. The minimum atomic E-state index is -1.12. The van der Waals surface area contributed by atoms with E-state index in [-0.39, 0.29) is 33.9 Å². The number of benzene rings is 2. The highest BCUT2D eigenvalue weighted by Gasteiger charge is 2.21. The number of nitrogens with two attached hydrogens (primary N) is 3. The van der Waals surface area contributed by atoms with Crippen LogP contribution in [0.4, 0.5) is 20.2 Å². The van der Waals surface area contributed by atoms with E-state index in [4.69, 9.17) is 29.4 Å². The molecule has 1 atom stereocenters. The number of thiocarbonyl (C=S) groups is 1. The SMILES string of the molecule is CC(N)=CC(=S)Nc1cc(N[C@H](Cc2ccccc2F)C(N)=O)c(F)cc1C(N)=O. The summed E-state index contributed by atoms with van der Waals surface area (Å²) in [5.41, 5.74) is 16.7. The van der Waals surface area contributed by atoms with E-state index in [9.17, 15) is 18.4 Å². The quantitative estimate of drug-likeness (QED) is 0.320. The van der Waals surface area contributed by atoms with E-state index in [1.54, 1.807) is 13.0 Å². The number of carbonyl (C=O) groups excluding carboxylic acids is 2. The number of hydrogen-bond donors (Lipinski definition) is 5. The van der Waals surface area contributed by atoms with Crippen LogP contribution in [0.3, 0.4) is 0 Å². The van der Waals surface area contributed by atoms with Gasteiger partial charge in [-0.05, 0) is 36.8 Å². The molecule has 0 aromatic heterocycles. The minimum Gasteiger partial charge on any atom is -0.402 e. The maximum Gasteiger partial charge on any atom is 0.250 e. The molecule has 0 fully saturated rings. The van der Waals surface area contributed by atoms with E-state index in [0.29, 0.717) is 5.70 Å². The molecule has 2 aromatic rings. The smallest absolute Gasteiger partial charge is 0.250 e. The van der Waals surface area contributed by atoms with Crippen LogP contribution in [0.15, 0.2) is 48.2 Å². The average molecular weight is 433 g/mol. The van der Waals surface area contributed by atoms with Gasteiger partial charge in [0.15, 0.2) is 0 Å². The van der Waals surface area contributed by atoms with Gasteiger partial charge in [-0.3, -0.25) is 9.59 Å². The molecule has 0 unspecified atom stereocenters. The van der Waals surface area contributed by atoms with Gasteiger partial charge in [-0.15, -0.1) is 0 Å². The predicted molar refractivity (Wildman–Crippen MR) is 116 cm³/mol. The summed E-state index contributed by atoms with van der Waals surface area (Å²) in [6.07, 6.45) is 1.32. The molecular formula is C20H21F2N5O2S. The molecule has 0 spiro atoms. The number of carbonyl (C=O) groups is 2.